The van der Waals surface area contributed by atoms with Crippen molar-refractivity contribution in [2.75, 3.05) is 7.05 Å². The van der Waals surface area contributed by atoms with Crippen LogP contribution >= 0.6 is 0 Å². The first kappa shape index (κ1) is 40.0. The number of allylic oxidation sites excluding steroid dienone is 2. The van der Waals surface area contributed by atoms with Gasteiger partial charge in [-0.25, -0.2) is 4.99 Å². The van der Waals surface area contributed by atoms with Crippen molar-refractivity contribution in [1.82, 2.24) is 5.32 Å². The summed E-state index contributed by atoms with van der Waals surface area (Å²) in [6.45, 7) is 6.17. The third kappa shape index (κ3) is 6.58. The minimum Gasteiger partial charge on any atom is -0.373 e. The van der Waals surface area contributed by atoms with Crippen molar-refractivity contribution >= 4 is 17.2 Å². The molecule has 4 saturated carbocycles. The zero-order valence-electron chi connectivity index (χ0n) is 36.1. The molecular formula is C58H51N5. The molecule has 0 saturated heterocycles. The van der Waals surface area contributed by atoms with E-state index in [1.165, 1.54) is 54.4 Å². The van der Waals surface area contributed by atoms with Gasteiger partial charge in [-0.2, -0.15) is 10.5 Å². The molecule has 4 aliphatic rings. The molecule has 0 amide bonds. The highest BCUT2D eigenvalue weighted by atomic mass is 15.0. The number of hydrogen-bond donors (Lipinski definition) is 1. The predicted octanol–water partition coefficient (Wildman–Crippen LogP) is 12.6. The molecule has 63 heavy (non-hydrogen) atoms. The average Bonchev–Trinajstić information content (AvgIpc) is 3.80. The van der Waals surface area contributed by atoms with E-state index < -0.39 is 0 Å². The average molecular weight is 818 g/mol. The van der Waals surface area contributed by atoms with Crippen molar-refractivity contribution in [3.8, 4) is 34.4 Å². The van der Waals surface area contributed by atoms with Crippen LogP contribution in [-0.2, 0) is 10.8 Å². The second-order valence-electron chi connectivity index (χ2n) is 18.4. The lowest BCUT2D eigenvalue weighted by Crippen LogP contribution is -2.69. The van der Waals surface area contributed by atoms with E-state index in [0.717, 1.165) is 63.3 Å². The summed E-state index contributed by atoms with van der Waals surface area (Å²) in [5.74, 6) is 3.08. The zero-order chi connectivity index (χ0) is 43.2. The van der Waals surface area contributed by atoms with E-state index in [2.05, 4.69) is 128 Å². The molecule has 6 unspecified atom stereocenters. The van der Waals surface area contributed by atoms with Crippen LogP contribution in [0.25, 0.3) is 27.8 Å². The number of benzene rings is 6. The molecule has 2 bridgehead atoms. The molecule has 0 radical (unpaired) electrons. The van der Waals surface area contributed by atoms with Gasteiger partial charge in [-0.15, -0.1) is 0 Å². The van der Waals surface area contributed by atoms with Crippen LogP contribution in [0.4, 0.5) is 0 Å². The Hall–Kier alpha value is -7.08. The topological polar surface area (TPSA) is 84.3 Å². The second-order valence-corrected chi connectivity index (χ2v) is 18.4. The fourth-order valence-corrected chi connectivity index (χ4v) is 12.7. The molecule has 4 aliphatic carbocycles. The maximum Gasteiger partial charge on any atom is 0.157 e. The van der Waals surface area contributed by atoms with Crippen molar-refractivity contribution in [3.63, 3.8) is 0 Å². The van der Waals surface area contributed by atoms with Crippen LogP contribution in [-0.4, -0.2) is 24.8 Å². The summed E-state index contributed by atoms with van der Waals surface area (Å²) in [5.41, 5.74) is 13.1. The smallest absolute Gasteiger partial charge is 0.157 e. The Morgan fingerprint density at radius 2 is 1.33 bits per heavy atom. The highest BCUT2D eigenvalue weighted by Crippen LogP contribution is 2.89. The van der Waals surface area contributed by atoms with Crippen LogP contribution in [0.1, 0.15) is 84.4 Å². The molecule has 5 heteroatoms. The van der Waals surface area contributed by atoms with Crippen molar-refractivity contribution in [3.05, 3.63) is 209 Å². The molecule has 0 aliphatic heterocycles. The van der Waals surface area contributed by atoms with Crippen molar-refractivity contribution < 1.29 is 0 Å². The quantitative estimate of drug-likeness (QED) is 0.0803. The molecule has 0 heterocycles. The van der Waals surface area contributed by atoms with Crippen LogP contribution in [0, 0.1) is 39.9 Å². The van der Waals surface area contributed by atoms with Gasteiger partial charge in [0.05, 0.1) is 23.2 Å². The molecule has 1 N–H and O–H groups in total. The Labute approximate surface area is 371 Å². The molecule has 308 valence electrons. The minimum absolute atomic E-state index is 0.0292. The maximum atomic E-state index is 10.4. The number of aliphatic imine (C=N–C) groups is 2. The number of rotatable bonds is 11. The highest BCUT2D eigenvalue weighted by molar-refractivity contribution is 6.11. The van der Waals surface area contributed by atoms with Gasteiger partial charge in [-0.3, -0.25) is 4.99 Å². The largest absolute Gasteiger partial charge is 0.373 e. The SMILES string of the molecule is C=C/C=C(\CC(C)/N=C(\N=C(/NC)c1ccccc1)c1ccc(C23CC4CC5CC(c6ccc(-c7cccc(-c8ccc(C#N)cc8)c7C#N)cc6)(C2)C45C3)cc1)c1ccccc1. The normalized spacial score (nSPS) is 24.9. The standard InChI is InChI=1S/C58H51N5/c1-4-12-46(41-13-7-5-8-14-41)31-39(2)62-55(63-54(61-3)44-15-9-6-10-16-44)45-25-27-47(28-26-45)56-33-49-32-50-34-57(37-56,58(49,50)38-56)48-29-23-43(24-30-48)52-18-11-17-51(53(52)36-60)42-21-19-40(35-59)20-22-42/h4-30,39,49-50H,1,31-34,37-38H2,2-3H3,(H,61,62,63)/b46-12+. The van der Waals surface area contributed by atoms with Crippen LogP contribution in [0.5, 0.6) is 0 Å². The third-order valence-electron chi connectivity index (χ3n) is 15.2. The van der Waals surface area contributed by atoms with E-state index >= 15 is 0 Å². The number of fused-ring (bicyclic) bond motifs is 1. The van der Waals surface area contributed by atoms with Crippen LogP contribution < -0.4 is 5.32 Å². The fourth-order valence-electron chi connectivity index (χ4n) is 12.7. The van der Waals surface area contributed by atoms with Gasteiger partial charge < -0.3 is 5.32 Å². The Balaban J connectivity index is 0.952. The first-order valence-corrected chi connectivity index (χ1v) is 22.4. The van der Waals surface area contributed by atoms with E-state index in [4.69, 9.17) is 9.98 Å². The molecule has 6 aromatic carbocycles. The monoisotopic (exact) mass is 817 g/mol. The molecule has 4 fully saturated rings. The lowest BCUT2D eigenvalue weighted by Gasteiger charge is -2.73. The summed E-state index contributed by atoms with van der Waals surface area (Å²) in [4.78, 5) is 10.6. The van der Waals surface area contributed by atoms with Gasteiger partial charge in [0.25, 0.3) is 0 Å². The molecule has 1 spiro atoms. The van der Waals surface area contributed by atoms with Gasteiger partial charge in [0.2, 0.25) is 0 Å². The first-order valence-electron chi connectivity index (χ1n) is 22.4. The Bertz CT molecular complexity index is 2880. The van der Waals surface area contributed by atoms with E-state index in [-0.39, 0.29) is 16.9 Å². The van der Waals surface area contributed by atoms with E-state index in [9.17, 15) is 10.5 Å². The maximum absolute atomic E-state index is 10.4. The molecular weight excluding hydrogens is 767 g/mol. The number of nitrogens with zero attached hydrogens (tertiary/aromatic N) is 4. The Kier molecular flexibility index (Phi) is 10.2. The fraction of sp³-hybridized carbons (Fsp3) is 0.241. The molecule has 10 rings (SSSR count). The van der Waals surface area contributed by atoms with Gasteiger partial charge >= 0.3 is 0 Å². The summed E-state index contributed by atoms with van der Waals surface area (Å²) in [6, 6.07) is 57.6. The van der Waals surface area contributed by atoms with E-state index in [1.807, 2.05) is 73.8 Å². The first-order chi connectivity index (χ1) is 30.8. The number of nitrogens with one attached hydrogen (secondary N) is 1. The van der Waals surface area contributed by atoms with Crippen molar-refractivity contribution in [2.45, 2.75) is 62.3 Å². The van der Waals surface area contributed by atoms with E-state index in [1.54, 1.807) is 0 Å². The highest BCUT2D eigenvalue weighted by Gasteiger charge is 2.84. The van der Waals surface area contributed by atoms with Crippen LogP contribution in [0.3, 0.4) is 0 Å². The molecule has 5 nitrogen and oxygen atoms in total. The number of hydrogen-bond acceptors (Lipinski definition) is 3. The summed E-state index contributed by atoms with van der Waals surface area (Å²) in [7, 11) is 1.93. The van der Waals surface area contributed by atoms with Crippen molar-refractivity contribution in [2.24, 2.45) is 27.2 Å². The number of nitriles is 2. The Morgan fingerprint density at radius 3 is 1.94 bits per heavy atom. The van der Waals surface area contributed by atoms with Crippen molar-refractivity contribution in [1.29, 1.82) is 10.5 Å². The lowest BCUT2D eigenvalue weighted by atomic mass is 9.30. The van der Waals surface area contributed by atoms with Gasteiger partial charge in [0, 0.05) is 34.7 Å². The minimum atomic E-state index is -0.0292. The van der Waals surface area contributed by atoms with E-state index in [0.29, 0.717) is 16.5 Å². The summed E-state index contributed by atoms with van der Waals surface area (Å²) >= 11 is 0. The van der Waals surface area contributed by atoms with Crippen LogP contribution in [0.2, 0.25) is 0 Å². The van der Waals surface area contributed by atoms with Gasteiger partial charge in [0.15, 0.2) is 5.84 Å². The summed E-state index contributed by atoms with van der Waals surface area (Å²) < 4.78 is 0. The molecule has 0 aromatic heterocycles. The van der Waals surface area contributed by atoms with Crippen LogP contribution in [0.15, 0.2) is 180 Å². The Morgan fingerprint density at radius 1 is 0.714 bits per heavy atom. The van der Waals surface area contributed by atoms with Gasteiger partial charge in [-0.1, -0.05) is 158 Å². The summed E-state index contributed by atoms with van der Waals surface area (Å²) in [6.07, 6.45) is 11.0. The second kappa shape index (κ2) is 16.0. The van der Waals surface area contributed by atoms with Gasteiger partial charge in [0.1, 0.15) is 11.9 Å². The molecule has 6 aromatic rings. The lowest BCUT2D eigenvalue weighted by molar-refractivity contribution is -0.199. The summed E-state index contributed by atoms with van der Waals surface area (Å²) in [5, 5.41) is 23.1. The third-order valence-corrected chi connectivity index (χ3v) is 15.2. The number of amidine groups is 2. The molecule has 6 atom stereocenters. The zero-order valence-corrected chi connectivity index (χ0v) is 36.1. The predicted molar refractivity (Wildman–Crippen MR) is 256 cm³/mol. The van der Waals surface area contributed by atoms with Gasteiger partial charge in [-0.05, 0) is 114 Å².